The van der Waals surface area contributed by atoms with Gasteiger partial charge < -0.3 is 19.2 Å². The molecule has 1 saturated heterocycles. The van der Waals surface area contributed by atoms with E-state index in [4.69, 9.17) is 9.16 Å². The molecule has 9 nitrogen and oxygen atoms in total. The number of aliphatic hydroxyl groups is 1. The average molecular weight is 531 g/mol. The number of amides is 1. The molecule has 1 N–H and O–H groups in total. The van der Waals surface area contributed by atoms with Gasteiger partial charge in [0, 0.05) is 30.6 Å². The zero-order valence-electron chi connectivity index (χ0n) is 22.5. The van der Waals surface area contributed by atoms with Crippen molar-refractivity contribution in [3.05, 3.63) is 51.2 Å². The zero-order valence-corrected chi connectivity index (χ0v) is 23.5. The number of carbonyl (C=O) groups excluding carboxylic acids is 2. The van der Waals surface area contributed by atoms with Gasteiger partial charge in [0.1, 0.15) is 12.3 Å². The molecule has 37 heavy (non-hydrogen) atoms. The molecule has 1 aromatic carbocycles. The lowest BCUT2D eigenvalue weighted by atomic mass is 9.69. The van der Waals surface area contributed by atoms with Crippen molar-refractivity contribution < 1.29 is 28.8 Å². The number of nitro groups is 1. The van der Waals surface area contributed by atoms with E-state index in [0.29, 0.717) is 5.56 Å². The minimum absolute atomic E-state index is 0.000917. The Morgan fingerprint density at radius 3 is 2.46 bits per heavy atom. The molecule has 10 heteroatoms. The summed E-state index contributed by atoms with van der Waals surface area (Å²) in [6, 6.07) is 5.65. The Balaban J connectivity index is 1.56. The van der Waals surface area contributed by atoms with E-state index in [9.17, 15) is 24.8 Å². The normalized spacial score (nSPS) is 26.4. The Kier molecular flexibility index (Phi) is 7.39. The highest BCUT2D eigenvalue weighted by Gasteiger charge is 2.63. The zero-order chi connectivity index (χ0) is 27.3. The van der Waals surface area contributed by atoms with Crippen LogP contribution >= 0.6 is 0 Å². The Morgan fingerprint density at radius 2 is 1.89 bits per heavy atom. The fourth-order valence-electron chi connectivity index (χ4n) is 5.81. The molecule has 1 aliphatic carbocycles. The molecule has 202 valence electrons. The molecule has 2 aliphatic heterocycles. The molecule has 0 unspecified atom stereocenters. The smallest absolute Gasteiger partial charge is 0.355 e. The van der Waals surface area contributed by atoms with Gasteiger partial charge in [0.25, 0.3) is 5.69 Å². The number of hydrogen-bond donors (Lipinski definition) is 1. The summed E-state index contributed by atoms with van der Waals surface area (Å²) in [4.78, 5) is 38.9. The molecule has 1 saturated carbocycles. The third kappa shape index (κ3) is 4.86. The van der Waals surface area contributed by atoms with Crippen LogP contribution < -0.4 is 0 Å². The van der Waals surface area contributed by atoms with Crippen LogP contribution in [0.2, 0.25) is 18.1 Å². The summed E-state index contributed by atoms with van der Waals surface area (Å²) in [5.74, 6) is -1.24. The monoisotopic (exact) mass is 530 g/mol. The van der Waals surface area contributed by atoms with Crippen LogP contribution in [0.15, 0.2) is 35.5 Å². The highest BCUT2D eigenvalue weighted by atomic mass is 28.4. The standard InChI is InChI=1S/C27H38N2O7Si/c1-16(36-37(5,6)27(2,3)4)21-23-20-9-7-8-18(14-30)22(20)24(28(23)25(21)31)26(32)35-15-17-10-12-19(13-11-17)29(33)34/h10-13,16,18,20-21,23,30H,7-9,14-15H2,1-6H3/t16-,18-,20+,21-,23-/m1/s1. The Morgan fingerprint density at radius 1 is 1.24 bits per heavy atom. The topological polar surface area (TPSA) is 119 Å². The van der Waals surface area contributed by atoms with Crippen LogP contribution in [0.1, 0.15) is 52.5 Å². The van der Waals surface area contributed by atoms with E-state index in [2.05, 4.69) is 33.9 Å². The van der Waals surface area contributed by atoms with Crippen LogP contribution in [-0.4, -0.2) is 53.9 Å². The largest absolute Gasteiger partial charge is 0.456 e. The molecular weight excluding hydrogens is 492 g/mol. The summed E-state index contributed by atoms with van der Waals surface area (Å²) in [6.45, 7) is 12.7. The van der Waals surface area contributed by atoms with Crippen LogP contribution in [0.3, 0.4) is 0 Å². The van der Waals surface area contributed by atoms with Crippen molar-refractivity contribution in [2.45, 2.75) is 83.8 Å². The van der Waals surface area contributed by atoms with Gasteiger partial charge in [-0.15, -0.1) is 0 Å². The number of aliphatic hydroxyl groups excluding tert-OH is 1. The van der Waals surface area contributed by atoms with Crippen LogP contribution in [0.4, 0.5) is 5.69 Å². The van der Waals surface area contributed by atoms with Gasteiger partial charge >= 0.3 is 5.97 Å². The maximum atomic E-state index is 13.5. The number of β-lactam (4-membered cyclic amide) rings is 1. The first-order valence-corrected chi connectivity index (χ1v) is 16.0. The number of hydrogen-bond acceptors (Lipinski definition) is 7. The van der Waals surface area contributed by atoms with Crippen molar-refractivity contribution in [1.29, 1.82) is 0 Å². The Bertz CT molecular complexity index is 1110. The van der Waals surface area contributed by atoms with Gasteiger partial charge in [0.15, 0.2) is 8.32 Å². The number of ether oxygens (including phenoxy) is 1. The van der Waals surface area contributed by atoms with Gasteiger partial charge in [-0.3, -0.25) is 14.9 Å². The number of benzene rings is 1. The first-order chi connectivity index (χ1) is 17.3. The molecular formula is C27H38N2O7Si. The van der Waals surface area contributed by atoms with Crippen molar-refractivity contribution >= 4 is 25.9 Å². The van der Waals surface area contributed by atoms with Gasteiger partial charge in [-0.25, -0.2) is 4.79 Å². The number of fused-ring (bicyclic) bond motifs is 3. The van der Waals surface area contributed by atoms with Gasteiger partial charge in [0.05, 0.1) is 23.0 Å². The van der Waals surface area contributed by atoms with E-state index in [1.54, 1.807) is 17.0 Å². The highest BCUT2D eigenvalue weighted by molar-refractivity contribution is 6.74. The number of esters is 1. The van der Waals surface area contributed by atoms with Gasteiger partial charge in [-0.2, -0.15) is 0 Å². The van der Waals surface area contributed by atoms with E-state index in [-0.39, 0.29) is 65.4 Å². The maximum Gasteiger partial charge on any atom is 0.355 e. The van der Waals surface area contributed by atoms with Gasteiger partial charge in [-0.05, 0) is 61.2 Å². The fraction of sp³-hybridized carbons (Fsp3) is 0.630. The van der Waals surface area contributed by atoms with Crippen molar-refractivity contribution in [2.24, 2.45) is 17.8 Å². The molecule has 0 bridgehead atoms. The first kappa shape index (κ1) is 27.5. The average Bonchev–Trinajstić information content (AvgIpc) is 3.12. The third-order valence-corrected chi connectivity index (χ3v) is 13.3. The quantitative estimate of drug-likeness (QED) is 0.172. The number of nitro benzene ring substituents is 1. The molecule has 0 spiro atoms. The second kappa shape index (κ2) is 9.96. The van der Waals surface area contributed by atoms with Gasteiger partial charge in [0.2, 0.25) is 5.91 Å². The third-order valence-electron chi connectivity index (χ3n) is 8.75. The lowest BCUT2D eigenvalue weighted by molar-refractivity contribution is -0.384. The second-order valence-electron chi connectivity index (χ2n) is 12.0. The first-order valence-electron chi connectivity index (χ1n) is 13.0. The second-order valence-corrected chi connectivity index (χ2v) is 16.8. The van der Waals surface area contributed by atoms with Crippen molar-refractivity contribution in [3.8, 4) is 0 Å². The molecule has 1 aromatic rings. The summed E-state index contributed by atoms with van der Waals surface area (Å²) >= 11 is 0. The Labute approximate surface area is 219 Å². The molecule has 2 heterocycles. The number of non-ortho nitro benzene ring substituents is 1. The van der Waals surface area contributed by atoms with E-state index in [1.807, 2.05) is 6.92 Å². The predicted octanol–water partition coefficient (Wildman–Crippen LogP) is 4.55. The summed E-state index contributed by atoms with van der Waals surface area (Å²) in [5.41, 5.74) is 1.68. The van der Waals surface area contributed by atoms with Crippen molar-refractivity contribution in [3.63, 3.8) is 0 Å². The summed E-state index contributed by atoms with van der Waals surface area (Å²) in [7, 11) is -2.11. The predicted molar refractivity (Wildman–Crippen MR) is 140 cm³/mol. The summed E-state index contributed by atoms with van der Waals surface area (Å²) < 4.78 is 12.2. The van der Waals surface area contributed by atoms with E-state index in [1.165, 1.54) is 12.1 Å². The molecule has 5 atom stereocenters. The van der Waals surface area contributed by atoms with E-state index in [0.717, 1.165) is 24.8 Å². The highest BCUT2D eigenvalue weighted by Crippen LogP contribution is 2.54. The van der Waals surface area contributed by atoms with E-state index >= 15 is 0 Å². The van der Waals surface area contributed by atoms with Crippen LogP contribution in [0.25, 0.3) is 0 Å². The molecule has 3 aliphatic rings. The maximum absolute atomic E-state index is 13.5. The van der Waals surface area contributed by atoms with Gasteiger partial charge in [-0.1, -0.05) is 27.2 Å². The van der Waals surface area contributed by atoms with Crippen molar-refractivity contribution in [2.75, 3.05) is 6.61 Å². The molecule has 2 fully saturated rings. The number of carbonyl (C=O) groups is 2. The van der Waals surface area contributed by atoms with Crippen LogP contribution in [0, 0.1) is 27.9 Å². The molecule has 1 amide bonds. The fourth-order valence-corrected chi connectivity index (χ4v) is 7.24. The summed E-state index contributed by atoms with van der Waals surface area (Å²) in [5, 5.41) is 21.0. The summed E-state index contributed by atoms with van der Waals surface area (Å²) in [6.07, 6.45) is 2.26. The minimum atomic E-state index is -2.11. The SMILES string of the molecule is C[C@@H](O[Si](C)(C)C(C)(C)C)[C@H]1C(=O)N2C(C(=O)OCc3ccc([N+](=O)[O-])cc3)=C3[C@@H](CO)CCC[C@@H]3[C@H]12. The minimum Gasteiger partial charge on any atom is -0.456 e. The van der Waals surface area contributed by atoms with E-state index < -0.39 is 19.2 Å². The van der Waals surface area contributed by atoms with Crippen molar-refractivity contribution in [1.82, 2.24) is 4.90 Å². The molecule has 0 aromatic heterocycles. The molecule has 0 radical (unpaired) electrons. The van der Waals surface area contributed by atoms with Crippen LogP contribution in [-0.2, 0) is 25.4 Å². The Hall–Kier alpha value is -2.56. The molecule has 4 rings (SSSR count). The lowest BCUT2D eigenvalue weighted by Crippen LogP contribution is -2.65. The lowest BCUT2D eigenvalue weighted by Gasteiger charge is -2.51. The number of nitrogens with zero attached hydrogens (tertiary/aromatic N) is 2. The number of rotatable bonds is 8. The van der Waals surface area contributed by atoms with Crippen LogP contribution in [0.5, 0.6) is 0 Å².